The highest BCUT2D eigenvalue weighted by molar-refractivity contribution is 5.93. The zero-order valence-corrected chi connectivity index (χ0v) is 11.3. The fourth-order valence-electron chi connectivity index (χ4n) is 3.72. The number of hydrogen-bond acceptors (Lipinski definition) is 1. The first kappa shape index (κ1) is 12.6. The van der Waals surface area contributed by atoms with Crippen LogP contribution in [-0.4, -0.2) is 5.78 Å². The number of allylic oxidation sites excluding steroid dienone is 3. The van der Waals surface area contributed by atoms with Crippen LogP contribution in [0.5, 0.6) is 0 Å². The summed E-state index contributed by atoms with van der Waals surface area (Å²) < 4.78 is 0. The number of carbonyl (C=O) groups is 1. The molecule has 1 heteroatoms. The molecule has 0 aromatic rings. The molecule has 0 aromatic heterocycles. The number of rotatable bonds is 2. The maximum Gasteiger partial charge on any atom is 0.155 e. The number of carbonyl (C=O) groups excluding carboxylic acids is 1. The molecule has 17 heavy (non-hydrogen) atoms. The van der Waals surface area contributed by atoms with Crippen molar-refractivity contribution in [3.8, 4) is 0 Å². The Morgan fingerprint density at radius 1 is 1.35 bits per heavy atom. The van der Waals surface area contributed by atoms with Gasteiger partial charge in [0.1, 0.15) is 0 Å². The van der Waals surface area contributed by atoms with Gasteiger partial charge in [0.2, 0.25) is 0 Å². The van der Waals surface area contributed by atoms with Gasteiger partial charge < -0.3 is 0 Å². The van der Waals surface area contributed by atoms with Crippen molar-refractivity contribution in [3.63, 3.8) is 0 Å². The highest BCUT2D eigenvalue weighted by Gasteiger charge is 2.39. The maximum absolute atomic E-state index is 11.6. The zero-order chi connectivity index (χ0) is 12.6. The van der Waals surface area contributed by atoms with E-state index in [-0.39, 0.29) is 5.78 Å². The second-order valence-electron chi connectivity index (χ2n) is 6.04. The molecule has 0 aliphatic heterocycles. The molecule has 0 unspecified atom stereocenters. The molecule has 0 radical (unpaired) electrons. The summed E-state index contributed by atoms with van der Waals surface area (Å²) in [6.07, 6.45) is 7.37. The van der Waals surface area contributed by atoms with E-state index >= 15 is 0 Å². The quantitative estimate of drug-likeness (QED) is 0.516. The molecule has 0 amide bonds. The van der Waals surface area contributed by atoms with Crippen LogP contribution in [0.3, 0.4) is 0 Å². The molecule has 4 atom stereocenters. The highest BCUT2D eigenvalue weighted by atomic mass is 16.1. The van der Waals surface area contributed by atoms with E-state index in [2.05, 4.69) is 26.5 Å². The molecule has 94 valence electrons. The van der Waals surface area contributed by atoms with Gasteiger partial charge >= 0.3 is 0 Å². The maximum atomic E-state index is 11.6. The van der Waals surface area contributed by atoms with E-state index in [1.807, 2.05) is 0 Å². The molecular formula is C16H24O. The summed E-state index contributed by atoms with van der Waals surface area (Å²) in [5.41, 5.74) is 2.36. The van der Waals surface area contributed by atoms with Crippen LogP contribution < -0.4 is 0 Å². The van der Waals surface area contributed by atoms with Gasteiger partial charge in [-0.25, -0.2) is 0 Å². The van der Waals surface area contributed by atoms with Crippen molar-refractivity contribution in [1.82, 2.24) is 0 Å². The lowest BCUT2D eigenvalue weighted by atomic mass is 9.61. The largest absolute Gasteiger partial charge is 0.295 e. The van der Waals surface area contributed by atoms with Crippen LogP contribution in [0.2, 0.25) is 0 Å². The minimum atomic E-state index is 0.180. The molecular weight excluding hydrogens is 208 g/mol. The third-order valence-corrected chi connectivity index (χ3v) is 4.87. The van der Waals surface area contributed by atoms with Gasteiger partial charge in [0.15, 0.2) is 5.78 Å². The van der Waals surface area contributed by atoms with Crippen LogP contribution in [0.15, 0.2) is 23.8 Å². The Hall–Kier alpha value is -0.850. The van der Waals surface area contributed by atoms with Crippen molar-refractivity contribution in [2.75, 3.05) is 0 Å². The molecule has 2 aliphatic rings. The van der Waals surface area contributed by atoms with Crippen LogP contribution in [0, 0.1) is 23.7 Å². The standard InChI is InChI=1S/C16H24O/c1-10-5-7-14-11(2)6-8-15(16(14)9-10)12(3)13(4)17/h9,11,14-16H,3,5-8H2,1-2,4H3/t11-,14+,15+,16+/m1/s1. The molecule has 0 bridgehead atoms. The van der Waals surface area contributed by atoms with Gasteiger partial charge in [0, 0.05) is 0 Å². The third-order valence-electron chi connectivity index (χ3n) is 4.87. The lowest BCUT2D eigenvalue weighted by molar-refractivity contribution is -0.114. The van der Waals surface area contributed by atoms with Crippen LogP contribution >= 0.6 is 0 Å². The summed E-state index contributed by atoms with van der Waals surface area (Å²) in [5.74, 6) is 2.74. The highest BCUT2D eigenvalue weighted by Crippen LogP contribution is 2.47. The Balaban J connectivity index is 2.26. The Bertz CT molecular complexity index is 364. The van der Waals surface area contributed by atoms with Crippen LogP contribution in [-0.2, 0) is 4.79 Å². The first-order chi connectivity index (χ1) is 8.00. The smallest absolute Gasteiger partial charge is 0.155 e. The minimum absolute atomic E-state index is 0.180. The molecule has 0 N–H and O–H groups in total. The monoisotopic (exact) mass is 232 g/mol. The fraction of sp³-hybridized carbons (Fsp3) is 0.688. The predicted molar refractivity (Wildman–Crippen MR) is 71.7 cm³/mol. The summed E-state index contributed by atoms with van der Waals surface area (Å²) in [6.45, 7) is 10.3. The second kappa shape index (κ2) is 4.80. The van der Waals surface area contributed by atoms with Crippen LogP contribution in [0.1, 0.15) is 46.5 Å². The molecule has 2 rings (SSSR count). The van der Waals surface area contributed by atoms with E-state index in [0.29, 0.717) is 11.8 Å². The Kier molecular flexibility index (Phi) is 3.56. The van der Waals surface area contributed by atoms with E-state index < -0.39 is 0 Å². The second-order valence-corrected chi connectivity index (χ2v) is 6.04. The SMILES string of the molecule is C=C(C(C)=O)[C@@H]1CC[C@@H](C)[C@@H]2CCC(C)=C[C@@H]21. The van der Waals surface area contributed by atoms with Gasteiger partial charge in [-0.3, -0.25) is 4.79 Å². The van der Waals surface area contributed by atoms with Crippen LogP contribution in [0.4, 0.5) is 0 Å². The molecule has 0 spiro atoms. The summed E-state index contributed by atoms with van der Waals surface area (Å²) in [7, 11) is 0. The number of ketones is 1. The fourth-order valence-corrected chi connectivity index (χ4v) is 3.72. The summed E-state index contributed by atoms with van der Waals surface area (Å²) >= 11 is 0. The van der Waals surface area contributed by atoms with E-state index in [9.17, 15) is 4.79 Å². The predicted octanol–water partition coefficient (Wildman–Crippen LogP) is 4.15. The first-order valence-corrected chi connectivity index (χ1v) is 6.87. The molecule has 1 saturated carbocycles. The van der Waals surface area contributed by atoms with E-state index in [0.717, 1.165) is 23.8 Å². The van der Waals surface area contributed by atoms with Crippen molar-refractivity contribution in [2.24, 2.45) is 23.7 Å². The molecule has 1 nitrogen and oxygen atoms in total. The summed E-state index contributed by atoms with van der Waals surface area (Å²) in [5, 5.41) is 0. The topological polar surface area (TPSA) is 17.1 Å². The summed E-state index contributed by atoms with van der Waals surface area (Å²) in [4.78, 5) is 11.6. The van der Waals surface area contributed by atoms with Crippen molar-refractivity contribution in [2.45, 2.75) is 46.5 Å². The summed E-state index contributed by atoms with van der Waals surface area (Å²) in [6, 6.07) is 0. The molecule has 0 saturated heterocycles. The number of Topliss-reactive ketones (excluding diaryl/α,β-unsaturated/α-hetero) is 1. The van der Waals surface area contributed by atoms with Crippen molar-refractivity contribution < 1.29 is 4.79 Å². The van der Waals surface area contributed by atoms with Gasteiger partial charge in [-0.1, -0.05) is 25.2 Å². The Morgan fingerprint density at radius 2 is 2.06 bits per heavy atom. The molecule has 2 aliphatic carbocycles. The molecule has 0 heterocycles. The lowest BCUT2D eigenvalue weighted by Crippen LogP contribution is -2.36. The third kappa shape index (κ3) is 2.38. The van der Waals surface area contributed by atoms with E-state index in [1.54, 1.807) is 6.92 Å². The van der Waals surface area contributed by atoms with Gasteiger partial charge in [-0.15, -0.1) is 0 Å². The van der Waals surface area contributed by atoms with Crippen molar-refractivity contribution in [1.29, 1.82) is 0 Å². The van der Waals surface area contributed by atoms with Gasteiger partial charge in [-0.05, 0) is 68.8 Å². The number of fused-ring (bicyclic) bond motifs is 1. The number of hydrogen-bond donors (Lipinski definition) is 0. The average Bonchev–Trinajstić information content (AvgIpc) is 2.28. The first-order valence-electron chi connectivity index (χ1n) is 6.87. The van der Waals surface area contributed by atoms with Gasteiger partial charge in [0.25, 0.3) is 0 Å². The van der Waals surface area contributed by atoms with Gasteiger partial charge in [-0.2, -0.15) is 0 Å². The van der Waals surface area contributed by atoms with Crippen molar-refractivity contribution in [3.05, 3.63) is 23.8 Å². The average molecular weight is 232 g/mol. The van der Waals surface area contributed by atoms with E-state index in [4.69, 9.17) is 0 Å². The lowest BCUT2D eigenvalue weighted by Gasteiger charge is -2.44. The van der Waals surface area contributed by atoms with Gasteiger partial charge in [0.05, 0.1) is 0 Å². The Labute approximate surface area is 105 Å². The zero-order valence-electron chi connectivity index (χ0n) is 11.3. The minimum Gasteiger partial charge on any atom is -0.295 e. The molecule has 0 aromatic carbocycles. The van der Waals surface area contributed by atoms with Crippen LogP contribution in [0.25, 0.3) is 0 Å². The molecule has 1 fully saturated rings. The Morgan fingerprint density at radius 3 is 2.71 bits per heavy atom. The van der Waals surface area contributed by atoms with E-state index in [1.165, 1.54) is 24.8 Å². The van der Waals surface area contributed by atoms with Crippen molar-refractivity contribution >= 4 is 5.78 Å². The normalized spacial score (nSPS) is 37.0.